The Labute approximate surface area is 88.4 Å². The molecule has 1 fully saturated rings. The zero-order valence-corrected chi connectivity index (χ0v) is 9.88. The van der Waals surface area contributed by atoms with Crippen molar-refractivity contribution in [1.29, 1.82) is 0 Å². The van der Waals surface area contributed by atoms with Crippen LogP contribution in [0.5, 0.6) is 0 Å². The lowest BCUT2D eigenvalue weighted by molar-refractivity contribution is 0.0204. The monoisotopic (exact) mass is 199 g/mol. The smallest absolute Gasteiger partial charge is 0.0600 e. The molecule has 1 rings (SSSR count). The molecule has 2 atom stereocenters. The van der Waals surface area contributed by atoms with Gasteiger partial charge in [0.15, 0.2) is 0 Å². The molecule has 2 heteroatoms. The number of hydrogen-bond acceptors (Lipinski definition) is 2. The van der Waals surface area contributed by atoms with Crippen LogP contribution in [0.15, 0.2) is 0 Å². The molecule has 0 spiro atoms. The number of hydrogen-bond donors (Lipinski definition) is 1. The van der Waals surface area contributed by atoms with E-state index < -0.39 is 0 Å². The third kappa shape index (κ3) is 3.97. The molecule has 0 aromatic rings. The Morgan fingerprint density at radius 2 is 2.00 bits per heavy atom. The quantitative estimate of drug-likeness (QED) is 0.735. The van der Waals surface area contributed by atoms with Gasteiger partial charge in [0.25, 0.3) is 0 Å². The van der Waals surface area contributed by atoms with Crippen LogP contribution in [0, 0.1) is 5.92 Å². The first kappa shape index (κ1) is 12.0. The van der Waals surface area contributed by atoms with E-state index in [0.29, 0.717) is 12.1 Å². The minimum absolute atomic E-state index is 0.526. The predicted molar refractivity (Wildman–Crippen MR) is 60.5 cm³/mol. The van der Waals surface area contributed by atoms with E-state index in [4.69, 9.17) is 4.74 Å². The molecule has 0 heterocycles. The average Bonchev–Trinajstić information content (AvgIpc) is 2.18. The van der Waals surface area contributed by atoms with Crippen molar-refractivity contribution in [1.82, 2.24) is 5.32 Å². The molecule has 0 aliphatic heterocycles. The molecule has 84 valence electrons. The molecule has 1 N–H and O–H groups in total. The standard InChI is InChI=1S/C12H25NO/c1-10(2)13-9-8-11-6-4-5-7-12(11)14-3/h10-13H,4-9H2,1-3H3/t11-,12-/m0/s1. The summed E-state index contributed by atoms with van der Waals surface area (Å²) in [5, 5.41) is 3.48. The van der Waals surface area contributed by atoms with Crippen LogP contribution in [0.4, 0.5) is 0 Å². The number of rotatable bonds is 5. The molecule has 0 aromatic heterocycles. The van der Waals surface area contributed by atoms with Gasteiger partial charge in [-0.05, 0) is 31.7 Å². The van der Waals surface area contributed by atoms with Gasteiger partial charge in [-0.25, -0.2) is 0 Å². The van der Waals surface area contributed by atoms with Crippen molar-refractivity contribution in [2.24, 2.45) is 5.92 Å². The Morgan fingerprint density at radius 3 is 2.64 bits per heavy atom. The van der Waals surface area contributed by atoms with Gasteiger partial charge in [0.2, 0.25) is 0 Å². The van der Waals surface area contributed by atoms with E-state index in [1.807, 2.05) is 7.11 Å². The molecule has 0 radical (unpaired) electrons. The average molecular weight is 199 g/mol. The van der Waals surface area contributed by atoms with Gasteiger partial charge in [-0.15, -0.1) is 0 Å². The predicted octanol–water partition coefficient (Wildman–Crippen LogP) is 2.58. The van der Waals surface area contributed by atoms with Crippen LogP contribution in [-0.4, -0.2) is 25.8 Å². The molecular formula is C12H25NO. The van der Waals surface area contributed by atoms with Crippen molar-refractivity contribution < 1.29 is 4.74 Å². The molecule has 2 nitrogen and oxygen atoms in total. The highest BCUT2D eigenvalue weighted by molar-refractivity contribution is 4.76. The van der Waals surface area contributed by atoms with E-state index >= 15 is 0 Å². The third-order valence-corrected chi connectivity index (χ3v) is 3.21. The summed E-state index contributed by atoms with van der Waals surface area (Å²) in [4.78, 5) is 0. The normalized spacial score (nSPS) is 28.3. The number of nitrogens with one attached hydrogen (secondary N) is 1. The van der Waals surface area contributed by atoms with Gasteiger partial charge < -0.3 is 10.1 Å². The zero-order chi connectivity index (χ0) is 10.4. The second-order valence-corrected chi connectivity index (χ2v) is 4.72. The minimum atomic E-state index is 0.526. The van der Waals surface area contributed by atoms with Crippen LogP contribution in [0.1, 0.15) is 46.0 Å². The largest absolute Gasteiger partial charge is 0.381 e. The maximum atomic E-state index is 5.53. The highest BCUT2D eigenvalue weighted by atomic mass is 16.5. The lowest BCUT2D eigenvalue weighted by Crippen LogP contribution is -2.31. The summed E-state index contributed by atoms with van der Waals surface area (Å²) in [6.07, 6.45) is 7.18. The third-order valence-electron chi connectivity index (χ3n) is 3.21. The van der Waals surface area contributed by atoms with Crippen molar-refractivity contribution in [3.8, 4) is 0 Å². The van der Waals surface area contributed by atoms with Gasteiger partial charge in [0.05, 0.1) is 6.10 Å². The molecule has 1 aliphatic carbocycles. The number of methoxy groups -OCH3 is 1. The van der Waals surface area contributed by atoms with Gasteiger partial charge in [-0.3, -0.25) is 0 Å². The molecular weight excluding hydrogens is 174 g/mol. The molecule has 0 aromatic carbocycles. The van der Waals surface area contributed by atoms with Crippen molar-refractivity contribution in [3.63, 3.8) is 0 Å². The maximum Gasteiger partial charge on any atom is 0.0600 e. The van der Waals surface area contributed by atoms with Crippen LogP contribution >= 0.6 is 0 Å². The van der Waals surface area contributed by atoms with E-state index in [9.17, 15) is 0 Å². The molecule has 0 saturated heterocycles. The molecule has 0 unspecified atom stereocenters. The minimum Gasteiger partial charge on any atom is -0.381 e. The highest BCUT2D eigenvalue weighted by Gasteiger charge is 2.24. The molecule has 1 saturated carbocycles. The van der Waals surface area contributed by atoms with Crippen LogP contribution in [0.25, 0.3) is 0 Å². The van der Waals surface area contributed by atoms with Crippen LogP contribution in [-0.2, 0) is 4.74 Å². The summed E-state index contributed by atoms with van der Waals surface area (Å²) in [6, 6.07) is 0.611. The van der Waals surface area contributed by atoms with Crippen molar-refractivity contribution in [3.05, 3.63) is 0 Å². The first-order valence-corrected chi connectivity index (χ1v) is 6.00. The zero-order valence-electron chi connectivity index (χ0n) is 9.88. The molecule has 0 amide bonds. The molecule has 0 bridgehead atoms. The first-order chi connectivity index (χ1) is 6.74. The Hall–Kier alpha value is -0.0800. The van der Waals surface area contributed by atoms with Gasteiger partial charge in [-0.1, -0.05) is 26.7 Å². The Morgan fingerprint density at radius 1 is 1.29 bits per heavy atom. The van der Waals surface area contributed by atoms with Crippen molar-refractivity contribution in [2.75, 3.05) is 13.7 Å². The summed E-state index contributed by atoms with van der Waals surface area (Å²) in [5.41, 5.74) is 0. The highest BCUT2D eigenvalue weighted by Crippen LogP contribution is 2.28. The van der Waals surface area contributed by atoms with E-state index in [-0.39, 0.29) is 0 Å². The maximum absolute atomic E-state index is 5.53. The van der Waals surface area contributed by atoms with Crippen LogP contribution in [0.2, 0.25) is 0 Å². The van der Waals surface area contributed by atoms with Gasteiger partial charge in [0.1, 0.15) is 0 Å². The second kappa shape index (κ2) is 6.41. The molecule has 14 heavy (non-hydrogen) atoms. The number of ether oxygens (including phenoxy) is 1. The summed E-state index contributed by atoms with van der Waals surface area (Å²) < 4.78 is 5.53. The SMILES string of the molecule is CO[C@H]1CCCC[C@H]1CCNC(C)C. The molecule has 1 aliphatic rings. The fourth-order valence-corrected chi connectivity index (χ4v) is 2.37. The van der Waals surface area contributed by atoms with E-state index in [1.54, 1.807) is 0 Å². The van der Waals surface area contributed by atoms with Crippen molar-refractivity contribution >= 4 is 0 Å². The van der Waals surface area contributed by atoms with Crippen LogP contribution in [0.3, 0.4) is 0 Å². The second-order valence-electron chi connectivity index (χ2n) is 4.72. The van der Waals surface area contributed by atoms with Gasteiger partial charge in [-0.2, -0.15) is 0 Å². The Bertz CT molecular complexity index is 147. The fourth-order valence-electron chi connectivity index (χ4n) is 2.37. The summed E-state index contributed by atoms with van der Waals surface area (Å²) in [6.45, 7) is 5.55. The van der Waals surface area contributed by atoms with E-state index in [1.165, 1.54) is 32.1 Å². The lowest BCUT2D eigenvalue weighted by atomic mass is 9.84. The van der Waals surface area contributed by atoms with E-state index in [2.05, 4.69) is 19.2 Å². The first-order valence-electron chi connectivity index (χ1n) is 6.00. The van der Waals surface area contributed by atoms with Gasteiger partial charge in [0, 0.05) is 13.2 Å². The lowest BCUT2D eigenvalue weighted by Gasteiger charge is -2.30. The summed E-state index contributed by atoms with van der Waals surface area (Å²) in [5.74, 6) is 0.792. The Kier molecular flexibility index (Phi) is 5.49. The fraction of sp³-hybridized carbons (Fsp3) is 1.00. The summed E-state index contributed by atoms with van der Waals surface area (Å²) >= 11 is 0. The van der Waals surface area contributed by atoms with Crippen molar-refractivity contribution in [2.45, 2.75) is 58.1 Å². The Balaban J connectivity index is 2.19. The summed E-state index contributed by atoms with van der Waals surface area (Å²) in [7, 11) is 1.86. The van der Waals surface area contributed by atoms with Gasteiger partial charge >= 0.3 is 0 Å². The van der Waals surface area contributed by atoms with E-state index in [0.717, 1.165) is 12.5 Å². The topological polar surface area (TPSA) is 21.3 Å². The van der Waals surface area contributed by atoms with Crippen LogP contribution < -0.4 is 5.32 Å².